The van der Waals surface area contributed by atoms with E-state index in [1.807, 2.05) is 6.07 Å². The summed E-state index contributed by atoms with van der Waals surface area (Å²) in [4.78, 5) is 0. The smallest absolute Gasteiger partial charge is 0.195 e. The van der Waals surface area contributed by atoms with Gasteiger partial charge in [-0.2, -0.15) is 9.65 Å². The number of allylic oxidation sites excluding steroid dienone is 1. The number of benzene rings is 1. The van der Waals surface area contributed by atoms with Crippen molar-refractivity contribution in [3.8, 4) is 6.07 Å². The molecule has 0 aromatic heterocycles. The Kier molecular flexibility index (Phi) is 2.40. The quantitative estimate of drug-likeness (QED) is 0.560. The Morgan fingerprint density at radius 1 is 1.36 bits per heavy atom. The lowest BCUT2D eigenvalue weighted by atomic mass is 10.2. The zero-order chi connectivity index (χ0) is 8.10. The van der Waals surface area contributed by atoms with Gasteiger partial charge >= 0.3 is 0 Å². The predicted molar refractivity (Wildman–Crippen MR) is 41.1 cm³/mol. The highest BCUT2D eigenvalue weighted by atomic mass is 19.1. The Bertz CT molecular complexity index is 295. The molecule has 0 bridgehead atoms. The Labute approximate surface area is 64.4 Å². The molecule has 0 amide bonds. The van der Waals surface area contributed by atoms with Crippen molar-refractivity contribution in [1.29, 1.82) is 5.26 Å². The molecule has 1 nitrogen and oxygen atoms in total. The topological polar surface area (TPSA) is 23.8 Å². The van der Waals surface area contributed by atoms with E-state index < -0.39 is 5.83 Å². The number of nitrogens with zero attached hydrogens (tertiary/aromatic N) is 1. The lowest BCUT2D eigenvalue weighted by molar-refractivity contribution is 0.679. The first-order valence-electron chi connectivity index (χ1n) is 3.15. The maximum atomic E-state index is 12.3. The molecule has 0 heterocycles. The minimum atomic E-state index is -0.767. The van der Waals surface area contributed by atoms with Crippen LogP contribution >= 0.6 is 0 Å². The Hall–Kier alpha value is -1.62. The maximum absolute atomic E-state index is 12.3. The summed E-state index contributed by atoms with van der Waals surface area (Å²) >= 11 is 0. The summed E-state index contributed by atoms with van der Waals surface area (Å²) in [5.74, 6) is -0.767. The molecule has 54 valence electrons. The highest BCUT2D eigenvalue weighted by Gasteiger charge is 1.89. The number of hydrogen-bond donors (Lipinski definition) is 0. The van der Waals surface area contributed by atoms with Crippen LogP contribution < -0.4 is 0 Å². The van der Waals surface area contributed by atoms with Gasteiger partial charge in [-0.3, -0.25) is 0 Å². The normalized spacial score (nSPS) is 10.7. The Morgan fingerprint density at radius 2 is 2.00 bits per heavy atom. The highest BCUT2D eigenvalue weighted by molar-refractivity contribution is 5.54. The molecule has 0 radical (unpaired) electrons. The van der Waals surface area contributed by atoms with Gasteiger partial charge in [0.1, 0.15) is 6.07 Å². The van der Waals surface area contributed by atoms with E-state index >= 15 is 0 Å². The average Bonchev–Trinajstić information content (AvgIpc) is 2.06. The molecule has 2 heteroatoms. The summed E-state index contributed by atoms with van der Waals surface area (Å²) in [7, 11) is 0. The minimum Gasteiger partial charge on any atom is -0.195 e. The summed E-state index contributed by atoms with van der Waals surface area (Å²) < 4.78 is 12.3. The van der Waals surface area contributed by atoms with Crippen molar-refractivity contribution in [3.05, 3.63) is 41.7 Å². The summed E-state index contributed by atoms with van der Waals surface area (Å²) in [5.41, 5.74) is 0.701. The third kappa shape index (κ3) is 2.23. The van der Waals surface area contributed by atoms with Gasteiger partial charge in [-0.1, -0.05) is 30.3 Å². The van der Waals surface area contributed by atoms with Gasteiger partial charge in [0.15, 0.2) is 0 Å². The summed E-state index contributed by atoms with van der Waals surface area (Å²) in [6, 6.07) is 10.3. The monoisotopic (exact) mass is 147 g/mol. The van der Waals surface area contributed by atoms with E-state index in [1.165, 1.54) is 12.1 Å². The van der Waals surface area contributed by atoms with E-state index in [1.54, 1.807) is 24.3 Å². The molecular formula is C9H6FN. The van der Waals surface area contributed by atoms with E-state index in [2.05, 4.69) is 0 Å². The van der Waals surface area contributed by atoms with Gasteiger partial charge in [0.25, 0.3) is 0 Å². The van der Waals surface area contributed by atoms with Crippen LogP contribution in [0.5, 0.6) is 0 Å². The molecule has 0 saturated heterocycles. The van der Waals surface area contributed by atoms with Gasteiger partial charge in [-0.15, -0.1) is 0 Å². The van der Waals surface area contributed by atoms with Gasteiger partial charge in [0.2, 0.25) is 5.83 Å². The van der Waals surface area contributed by atoms with Crippen LogP contribution in [0, 0.1) is 11.3 Å². The molecular weight excluding hydrogens is 141 g/mol. The largest absolute Gasteiger partial charge is 0.200 e. The van der Waals surface area contributed by atoms with Crippen molar-refractivity contribution < 1.29 is 4.39 Å². The van der Waals surface area contributed by atoms with Crippen molar-refractivity contribution in [2.75, 3.05) is 0 Å². The first-order valence-corrected chi connectivity index (χ1v) is 3.15. The molecule has 0 aliphatic heterocycles. The number of nitriles is 1. The van der Waals surface area contributed by atoms with Crippen LogP contribution in [0.1, 0.15) is 5.56 Å². The fourth-order valence-corrected chi connectivity index (χ4v) is 0.728. The average molecular weight is 147 g/mol. The Morgan fingerprint density at radius 3 is 2.55 bits per heavy atom. The van der Waals surface area contributed by atoms with E-state index in [-0.39, 0.29) is 0 Å². The van der Waals surface area contributed by atoms with Crippen LogP contribution in [0.4, 0.5) is 4.39 Å². The lowest BCUT2D eigenvalue weighted by Gasteiger charge is -1.88. The van der Waals surface area contributed by atoms with Gasteiger partial charge in [-0.05, 0) is 11.6 Å². The molecule has 0 spiro atoms. The summed E-state index contributed by atoms with van der Waals surface area (Å²) in [5, 5.41) is 8.10. The predicted octanol–water partition coefficient (Wildman–Crippen LogP) is 2.52. The molecule has 0 fully saturated rings. The van der Waals surface area contributed by atoms with Gasteiger partial charge in [-0.25, -0.2) is 0 Å². The number of halogens is 1. The van der Waals surface area contributed by atoms with Gasteiger partial charge < -0.3 is 0 Å². The lowest BCUT2D eigenvalue weighted by Crippen LogP contribution is -1.70. The Balaban J connectivity index is 2.90. The van der Waals surface area contributed by atoms with Crippen LogP contribution in [0.25, 0.3) is 6.08 Å². The highest BCUT2D eigenvalue weighted by Crippen LogP contribution is 2.05. The first-order chi connectivity index (χ1) is 5.33. The molecule has 1 rings (SSSR count). The second-order valence-corrected chi connectivity index (χ2v) is 2.01. The van der Waals surface area contributed by atoms with E-state index in [9.17, 15) is 4.39 Å². The maximum Gasteiger partial charge on any atom is 0.200 e. The van der Waals surface area contributed by atoms with E-state index in [0.29, 0.717) is 5.56 Å². The molecule has 0 N–H and O–H groups in total. The SMILES string of the molecule is N#C/C(F)=C\c1ccccc1. The summed E-state index contributed by atoms with van der Waals surface area (Å²) in [6.07, 6.45) is 1.19. The van der Waals surface area contributed by atoms with Crippen molar-refractivity contribution in [3.63, 3.8) is 0 Å². The standard InChI is InChI=1S/C9H6FN/c10-9(7-11)6-8-4-2-1-3-5-8/h1-6H/b9-6+. The molecule has 0 saturated carbocycles. The molecule has 0 aliphatic rings. The molecule has 11 heavy (non-hydrogen) atoms. The zero-order valence-electron chi connectivity index (χ0n) is 5.79. The zero-order valence-corrected chi connectivity index (χ0v) is 5.79. The van der Waals surface area contributed by atoms with Crippen LogP contribution in [0.3, 0.4) is 0 Å². The van der Waals surface area contributed by atoms with Crippen LogP contribution in [0.15, 0.2) is 36.2 Å². The molecule has 1 aromatic rings. The third-order valence-corrected chi connectivity index (χ3v) is 1.20. The number of rotatable bonds is 1. The van der Waals surface area contributed by atoms with Crippen molar-refractivity contribution in [1.82, 2.24) is 0 Å². The fourth-order valence-electron chi connectivity index (χ4n) is 0.728. The van der Waals surface area contributed by atoms with Gasteiger partial charge in [0, 0.05) is 0 Å². The summed E-state index contributed by atoms with van der Waals surface area (Å²) in [6.45, 7) is 0. The molecule has 1 aromatic carbocycles. The number of hydrogen-bond acceptors (Lipinski definition) is 1. The molecule has 0 aliphatic carbocycles. The van der Waals surface area contributed by atoms with Crippen molar-refractivity contribution in [2.45, 2.75) is 0 Å². The van der Waals surface area contributed by atoms with E-state index in [4.69, 9.17) is 5.26 Å². The van der Waals surface area contributed by atoms with Gasteiger partial charge in [0.05, 0.1) is 0 Å². The third-order valence-electron chi connectivity index (χ3n) is 1.20. The van der Waals surface area contributed by atoms with Crippen LogP contribution in [0.2, 0.25) is 0 Å². The first kappa shape index (κ1) is 7.49. The fraction of sp³-hybridized carbons (Fsp3) is 0. The van der Waals surface area contributed by atoms with E-state index in [0.717, 1.165) is 0 Å². The molecule has 0 atom stereocenters. The van der Waals surface area contributed by atoms with Crippen LogP contribution in [-0.2, 0) is 0 Å². The van der Waals surface area contributed by atoms with Crippen molar-refractivity contribution >= 4 is 6.08 Å². The second-order valence-electron chi connectivity index (χ2n) is 2.01. The minimum absolute atomic E-state index is 0.701. The van der Waals surface area contributed by atoms with Crippen LogP contribution in [-0.4, -0.2) is 0 Å². The molecule has 0 unspecified atom stereocenters. The van der Waals surface area contributed by atoms with Crippen molar-refractivity contribution in [2.24, 2.45) is 0 Å². The second kappa shape index (κ2) is 3.52.